The molecule has 112 valence electrons. The number of nitrogens with zero attached hydrogens (tertiary/aromatic N) is 1. The molecule has 2 aliphatic rings. The average Bonchev–Trinajstić information content (AvgIpc) is 2.25. The molecule has 1 aliphatic heterocycles. The Hall–Kier alpha value is -0.0800. The molecule has 2 atom stereocenters. The molecular weight excluding hydrogens is 232 g/mol. The topological polar surface area (TPSA) is 15.3 Å². The highest BCUT2D eigenvalue weighted by Gasteiger charge is 2.31. The monoisotopic (exact) mass is 266 g/mol. The summed E-state index contributed by atoms with van der Waals surface area (Å²) in [5.41, 5.74) is 0. The molecule has 2 nitrogen and oxygen atoms in total. The molecule has 19 heavy (non-hydrogen) atoms. The molecule has 2 fully saturated rings. The molecule has 2 rings (SSSR count). The highest BCUT2D eigenvalue weighted by atomic mass is 15.2. The molecule has 0 amide bonds. The summed E-state index contributed by atoms with van der Waals surface area (Å²) in [5, 5.41) is 3.80. The van der Waals surface area contributed by atoms with Crippen molar-refractivity contribution in [3.63, 3.8) is 0 Å². The van der Waals surface area contributed by atoms with Gasteiger partial charge in [0.1, 0.15) is 0 Å². The van der Waals surface area contributed by atoms with Crippen LogP contribution < -0.4 is 5.32 Å². The molecule has 1 N–H and O–H groups in total. The van der Waals surface area contributed by atoms with E-state index in [-0.39, 0.29) is 0 Å². The summed E-state index contributed by atoms with van der Waals surface area (Å²) in [6.45, 7) is 13.3. The summed E-state index contributed by atoms with van der Waals surface area (Å²) in [5.74, 6) is 2.63. The highest BCUT2D eigenvalue weighted by Crippen LogP contribution is 2.29. The van der Waals surface area contributed by atoms with Gasteiger partial charge < -0.3 is 5.32 Å². The Morgan fingerprint density at radius 2 is 1.74 bits per heavy atom. The number of hydrogen-bond donors (Lipinski definition) is 1. The second-order valence-corrected chi connectivity index (χ2v) is 7.77. The lowest BCUT2D eigenvalue weighted by Crippen LogP contribution is -2.58. The molecule has 0 spiro atoms. The Bertz CT molecular complexity index is 258. The quantitative estimate of drug-likeness (QED) is 0.791. The Morgan fingerprint density at radius 1 is 1.05 bits per heavy atom. The molecule has 1 saturated carbocycles. The highest BCUT2D eigenvalue weighted by molar-refractivity contribution is 4.89. The molecule has 0 bridgehead atoms. The second-order valence-electron chi connectivity index (χ2n) is 7.77. The largest absolute Gasteiger partial charge is 0.311 e. The van der Waals surface area contributed by atoms with Gasteiger partial charge in [-0.3, -0.25) is 4.90 Å². The van der Waals surface area contributed by atoms with Gasteiger partial charge in [-0.05, 0) is 43.4 Å². The molecule has 2 heteroatoms. The first-order chi connectivity index (χ1) is 9.04. The summed E-state index contributed by atoms with van der Waals surface area (Å²) in [7, 11) is 0. The van der Waals surface area contributed by atoms with Gasteiger partial charge in [0.2, 0.25) is 0 Å². The van der Waals surface area contributed by atoms with E-state index in [9.17, 15) is 0 Å². The van der Waals surface area contributed by atoms with Crippen LogP contribution in [0.15, 0.2) is 0 Å². The third-order valence-corrected chi connectivity index (χ3v) is 4.83. The molecule has 0 radical (unpaired) electrons. The van der Waals surface area contributed by atoms with Crippen molar-refractivity contribution in [3.05, 3.63) is 0 Å². The summed E-state index contributed by atoms with van der Waals surface area (Å²) in [6, 6.07) is 1.51. The van der Waals surface area contributed by atoms with Crippen LogP contribution in [0.5, 0.6) is 0 Å². The van der Waals surface area contributed by atoms with E-state index in [1.54, 1.807) is 0 Å². The summed E-state index contributed by atoms with van der Waals surface area (Å²) in [6.07, 6.45) is 7.12. The van der Waals surface area contributed by atoms with Crippen LogP contribution in [0.3, 0.4) is 0 Å². The SMILES string of the molecule is CC(C)CC1CN(CC2CCC2)C(CC(C)C)CN1. The second kappa shape index (κ2) is 7.08. The zero-order chi connectivity index (χ0) is 13.8. The summed E-state index contributed by atoms with van der Waals surface area (Å²) >= 11 is 0. The minimum atomic E-state index is 0.725. The first-order valence-corrected chi connectivity index (χ1v) is 8.52. The maximum Gasteiger partial charge on any atom is 0.0223 e. The number of piperazine rings is 1. The van der Waals surface area contributed by atoms with Crippen LogP contribution in [0.25, 0.3) is 0 Å². The Labute approximate surface area is 120 Å². The van der Waals surface area contributed by atoms with Crippen molar-refractivity contribution in [2.24, 2.45) is 17.8 Å². The maximum absolute atomic E-state index is 3.80. The van der Waals surface area contributed by atoms with Crippen LogP contribution in [-0.2, 0) is 0 Å². The van der Waals surface area contributed by atoms with Crippen molar-refractivity contribution in [1.29, 1.82) is 0 Å². The number of rotatable bonds is 6. The Morgan fingerprint density at radius 3 is 2.26 bits per heavy atom. The molecule has 0 aromatic heterocycles. The van der Waals surface area contributed by atoms with Gasteiger partial charge >= 0.3 is 0 Å². The Balaban J connectivity index is 1.88. The molecular formula is C17H34N2. The predicted molar refractivity (Wildman–Crippen MR) is 83.4 cm³/mol. The fourth-order valence-corrected chi connectivity index (χ4v) is 3.66. The first-order valence-electron chi connectivity index (χ1n) is 8.52. The van der Waals surface area contributed by atoms with E-state index < -0.39 is 0 Å². The van der Waals surface area contributed by atoms with Crippen LogP contribution in [0.2, 0.25) is 0 Å². The van der Waals surface area contributed by atoms with E-state index >= 15 is 0 Å². The van der Waals surface area contributed by atoms with E-state index in [1.807, 2.05) is 0 Å². The number of nitrogens with one attached hydrogen (secondary N) is 1. The molecule has 0 aromatic rings. The van der Waals surface area contributed by atoms with Crippen molar-refractivity contribution in [3.8, 4) is 0 Å². The first kappa shape index (κ1) is 15.3. The van der Waals surface area contributed by atoms with Gasteiger partial charge in [0, 0.05) is 31.7 Å². The number of hydrogen-bond acceptors (Lipinski definition) is 2. The lowest BCUT2D eigenvalue weighted by molar-refractivity contribution is 0.0728. The van der Waals surface area contributed by atoms with Crippen molar-refractivity contribution in [1.82, 2.24) is 10.2 Å². The van der Waals surface area contributed by atoms with E-state index in [0.717, 1.165) is 29.8 Å². The maximum atomic E-state index is 3.80. The predicted octanol–water partition coefficient (Wildman–Crippen LogP) is 3.52. The third kappa shape index (κ3) is 4.75. The smallest absolute Gasteiger partial charge is 0.0223 e. The fraction of sp³-hybridized carbons (Fsp3) is 1.00. The van der Waals surface area contributed by atoms with Crippen molar-refractivity contribution < 1.29 is 0 Å². The van der Waals surface area contributed by atoms with Crippen LogP contribution in [0.4, 0.5) is 0 Å². The van der Waals surface area contributed by atoms with Gasteiger partial charge in [0.05, 0.1) is 0 Å². The molecule has 2 unspecified atom stereocenters. The van der Waals surface area contributed by atoms with Crippen LogP contribution in [0, 0.1) is 17.8 Å². The van der Waals surface area contributed by atoms with E-state index in [0.29, 0.717) is 0 Å². The minimum absolute atomic E-state index is 0.725. The van der Waals surface area contributed by atoms with Crippen molar-refractivity contribution in [2.75, 3.05) is 19.6 Å². The summed E-state index contributed by atoms with van der Waals surface area (Å²) < 4.78 is 0. The van der Waals surface area contributed by atoms with Gasteiger partial charge in [0.15, 0.2) is 0 Å². The van der Waals surface area contributed by atoms with Crippen molar-refractivity contribution >= 4 is 0 Å². The van der Waals surface area contributed by atoms with Gasteiger partial charge in [0.25, 0.3) is 0 Å². The standard InChI is InChI=1S/C17H34N2/c1-13(2)8-16-12-19(11-15-6-5-7-15)17(10-18-16)9-14(3)4/h13-18H,5-12H2,1-4H3. The van der Waals surface area contributed by atoms with Gasteiger partial charge in [-0.1, -0.05) is 34.1 Å². The van der Waals surface area contributed by atoms with Crippen LogP contribution in [-0.4, -0.2) is 36.6 Å². The Kier molecular flexibility index (Phi) is 5.70. The average molecular weight is 266 g/mol. The van der Waals surface area contributed by atoms with Crippen LogP contribution >= 0.6 is 0 Å². The van der Waals surface area contributed by atoms with E-state index in [2.05, 4.69) is 37.9 Å². The van der Waals surface area contributed by atoms with E-state index in [4.69, 9.17) is 0 Å². The van der Waals surface area contributed by atoms with Gasteiger partial charge in [-0.15, -0.1) is 0 Å². The zero-order valence-corrected chi connectivity index (χ0v) is 13.5. The molecule has 1 saturated heterocycles. The molecule has 1 aliphatic carbocycles. The lowest BCUT2D eigenvalue weighted by atomic mass is 9.84. The molecule has 0 aromatic carbocycles. The molecule has 1 heterocycles. The van der Waals surface area contributed by atoms with Gasteiger partial charge in [-0.2, -0.15) is 0 Å². The lowest BCUT2D eigenvalue weighted by Gasteiger charge is -2.44. The van der Waals surface area contributed by atoms with E-state index in [1.165, 1.54) is 51.7 Å². The third-order valence-electron chi connectivity index (χ3n) is 4.83. The fourth-order valence-electron chi connectivity index (χ4n) is 3.66. The summed E-state index contributed by atoms with van der Waals surface area (Å²) in [4.78, 5) is 2.83. The minimum Gasteiger partial charge on any atom is -0.311 e. The van der Waals surface area contributed by atoms with Crippen molar-refractivity contribution in [2.45, 2.75) is 71.9 Å². The normalized spacial score (nSPS) is 30.0. The van der Waals surface area contributed by atoms with Crippen LogP contribution in [0.1, 0.15) is 59.8 Å². The van der Waals surface area contributed by atoms with Gasteiger partial charge in [-0.25, -0.2) is 0 Å². The zero-order valence-electron chi connectivity index (χ0n) is 13.5.